The number of rotatable bonds is 2. The van der Waals surface area contributed by atoms with Gasteiger partial charge < -0.3 is 4.74 Å². The van der Waals surface area contributed by atoms with Crippen LogP contribution in [0.3, 0.4) is 0 Å². The highest BCUT2D eigenvalue weighted by Crippen LogP contribution is 2.25. The Hall–Kier alpha value is -0.0500. The van der Waals surface area contributed by atoms with Crippen LogP contribution in [0.15, 0.2) is 12.3 Å². The average molecular weight is 382 g/mol. The summed E-state index contributed by atoms with van der Waals surface area (Å²) in [7, 11) is 0. The molecular weight excluding hydrogens is 378 g/mol. The van der Waals surface area contributed by atoms with Gasteiger partial charge in [-0.05, 0) is 34.2 Å². The monoisotopic (exact) mass is 381 g/mol. The van der Waals surface area contributed by atoms with Crippen molar-refractivity contribution in [2.45, 2.75) is 11.7 Å². The van der Waals surface area contributed by atoms with E-state index in [1.54, 1.807) is 0 Å². The van der Waals surface area contributed by atoms with Gasteiger partial charge in [0.25, 0.3) is 0 Å². The number of halogens is 5. The van der Waals surface area contributed by atoms with Crippen molar-refractivity contribution in [2.75, 3.05) is 0 Å². The van der Waals surface area contributed by atoms with E-state index in [1.165, 1.54) is 6.07 Å². The number of ether oxygens (including phenoxy) is 1. The Balaban J connectivity index is 2.90. The van der Waals surface area contributed by atoms with Gasteiger partial charge in [0.15, 0.2) is 0 Å². The molecule has 1 aromatic rings. The molecule has 0 aliphatic heterocycles. The Morgan fingerprint density at radius 1 is 1.50 bits per heavy atom. The van der Waals surface area contributed by atoms with Gasteiger partial charge in [-0.1, -0.05) is 15.9 Å². The highest BCUT2D eigenvalue weighted by Gasteiger charge is 2.31. The van der Waals surface area contributed by atoms with Crippen LogP contribution in [0.5, 0.6) is 5.75 Å². The standard InChI is InChI=1S/C7H4BrF3INO/c8-2-4-1-5(3-13-6(4)12)14-7(9,10)11/h1,3H,2H2. The summed E-state index contributed by atoms with van der Waals surface area (Å²) < 4.78 is 39.8. The molecule has 14 heavy (non-hydrogen) atoms. The first-order valence-corrected chi connectivity index (χ1v) is 5.58. The molecule has 1 aromatic heterocycles. The van der Waals surface area contributed by atoms with Crippen LogP contribution in [0.2, 0.25) is 0 Å². The molecule has 0 amide bonds. The molecule has 0 N–H and O–H groups in total. The van der Waals surface area contributed by atoms with Gasteiger partial charge in [0.1, 0.15) is 9.45 Å². The maximum absolute atomic E-state index is 11.8. The van der Waals surface area contributed by atoms with Crippen molar-refractivity contribution in [3.8, 4) is 5.75 Å². The van der Waals surface area contributed by atoms with E-state index in [2.05, 4.69) is 25.7 Å². The van der Waals surface area contributed by atoms with Crippen molar-refractivity contribution in [1.82, 2.24) is 4.98 Å². The molecule has 2 nitrogen and oxygen atoms in total. The van der Waals surface area contributed by atoms with Crippen LogP contribution >= 0.6 is 38.5 Å². The Morgan fingerprint density at radius 3 is 2.64 bits per heavy atom. The molecule has 7 heteroatoms. The van der Waals surface area contributed by atoms with E-state index in [9.17, 15) is 13.2 Å². The van der Waals surface area contributed by atoms with Crippen LogP contribution in [0.4, 0.5) is 13.2 Å². The second kappa shape index (κ2) is 4.65. The van der Waals surface area contributed by atoms with Gasteiger partial charge in [-0.15, -0.1) is 13.2 Å². The fourth-order valence-corrected chi connectivity index (χ4v) is 2.19. The summed E-state index contributed by atoms with van der Waals surface area (Å²) in [6.45, 7) is 0. The van der Waals surface area contributed by atoms with Gasteiger partial charge >= 0.3 is 6.36 Å². The van der Waals surface area contributed by atoms with Crippen molar-refractivity contribution in [3.63, 3.8) is 0 Å². The van der Waals surface area contributed by atoms with Crippen LogP contribution in [-0.2, 0) is 5.33 Å². The number of aromatic nitrogens is 1. The molecule has 1 heterocycles. The predicted molar refractivity (Wildman–Crippen MR) is 56.3 cm³/mol. The molecule has 1 rings (SSSR count). The van der Waals surface area contributed by atoms with Gasteiger partial charge in [0.2, 0.25) is 0 Å². The van der Waals surface area contributed by atoms with Crippen molar-refractivity contribution in [1.29, 1.82) is 0 Å². The Kier molecular flexibility index (Phi) is 3.99. The van der Waals surface area contributed by atoms with Crippen LogP contribution < -0.4 is 4.74 Å². The third-order valence-electron chi connectivity index (χ3n) is 1.26. The molecule has 0 spiro atoms. The van der Waals surface area contributed by atoms with E-state index in [1.807, 2.05) is 22.6 Å². The van der Waals surface area contributed by atoms with Crippen molar-refractivity contribution in [2.24, 2.45) is 0 Å². The van der Waals surface area contributed by atoms with Crippen LogP contribution in [-0.4, -0.2) is 11.3 Å². The number of hydrogen-bond acceptors (Lipinski definition) is 2. The minimum absolute atomic E-state index is 0.299. The number of pyridine rings is 1. The SMILES string of the molecule is FC(F)(F)Oc1cnc(I)c(CBr)c1. The summed E-state index contributed by atoms with van der Waals surface area (Å²) in [5, 5.41) is 0.438. The fourth-order valence-electron chi connectivity index (χ4n) is 0.755. The lowest BCUT2D eigenvalue weighted by Crippen LogP contribution is -2.17. The third kappa shape index (κ3) is 3.60. The molecule has 0 aliphatic carbocycles. The Labute approximate surface area is 100 Å². The van der Waals surface area contributed by atoms with Gasteiger partial charge in [-0.25, -0.2) is 4.98 Å². The highest BCUT2D eigenvalue weighted by molar-refractivity contribution is 14.1. The maximum atomic E-state index is 11.8. The Morgan fingerprint density at radius 2 is 2.14 bits per heavy atom. The molecule has 0 bridgehead atoms. The smallest absolute Gasteiger partial charge is 0.404 e. The largest absolute Gasteiger partial charge is 0.573 e. The first-order valence-electron chi connectivity index (χ1n) is 3.38. The van der Waals surface area contributed by atoms with E-state index in [4.69, 9.17) is 0 Å². The van der Waals surface area contributed by atoms with Crippen LogP contribution in [0, 0.1) is 3.70 Å². The van der Waals surface area contributed by atoms with Crippen molar-refractivity contribution < 1.29 is 17.9 Å². The lowest BCUT2D eigenvalue weighted by atomic mass is 10.3. The first kappa shape index (κ1) is 12.0. The van der Waals surface area contributed by atoms with Crippen molar-refractivity contribution >= 4 is 38.5 Å². The number of nitrogens with zero attached hydrogens (tertiary/aromatic N) is 1. The van der Waals surface area contributed by atoms with Gasteiger partial charge in [0.05, 0.1) is 6.20 Å². The van der Waals surface area contributed by atoms with E-state index in [0.717, 1.165) is 6.20 Å². The normalized spacial score (nSPS) is 11.5. The zero-order valence-electron chi connectivity index (χ0n) is 6.61. The van der Waals surface area contributed by atoms with Crippen molar-refractivity contribution in [3.05, 3.63) is 21.5 Å². The summed E-state index contributed by atoms with van der Waals surface area (Å²) in [4.78, 5) is 3.77. The molecule has 0 saturated heterocycles. The van der Waals surface area contributed by atoms with Crippen LogP contribution in [0.1, 0.15) is 5.56 Å². The van der Waals surface area contributed by atoms with E-state index >= 15 is 0 Å². The second-order valence-electron chi connectivity index (χ2n) is 2.30. The molecule has 0 fully saturated rings. The average Bonchev–Trinajstić information content (AvgIpc) is 2.06. The first-order chi connectivity index (χ1) is 6.42. The molecule has 0 aliphatic rings. The number of alkyl halides is 4. The van der Waals surface area contributed by atoms with Gasteiger partial charge in [-0.2, -0.15) is 0 Å². The molecule has 0 saturated carbocycles. The minimum atomic E-state index is -4.67. The lowest BCUT2D eigenvalue weighted by Gasteiger charge is -2.09. The van der Waals surface area contributed by atoms with E-state index in [-0.39, 0.29) is 5.75 Å². The highest BCUT2D eigenvalue weighted by atomic mass is 127. The number of hydrogen-bond donors (Lipinski definition) is 0. The molecule has 0 aromatic carbocycles. The molecular formula is C7H4BrF3INO. The summed E-state index contributed by atoms with van der Waals surface area (Å²) in [6.07, 6.45) is -3.63. The molecule has 0 radical (unpaired) electrons. The minimum Gasteiger partial charge on any atom is -0.404 e. The quantitative estimate of drug-likeness (QED) is 0.444. The summed E-state index contributed by atoms with van der Waals surface area (Å²) in [5.74, 6) is -0.299. The predicted octanol–water partition coefficient (Wildman–Crippen LogP) is 3.48. The zero-order chi connectivity index (χ0) is 10.8. The topological polar surface area (TPSA) is 22.1 Å². The molecule has 0 atom stereocenters. The van der Waals surface area contributed by atoms with Crippen LogP contribution in [0.25, 0.3) is 0 Å². The molecule has 78 valence electrons. The summed E-state index contributed by atoms with van der Waals surface area (Å²) in [5.41, 5.74) is 0.660. The third-order valence-corrected chi connectivity index (χ3v) is 2.84. The summed E-state index contributed by atoms with van der Waals surface area (Å²) >= 11 is 5.08. The Bertz CT molecular complexity index is 331. The maximum Gasteiger partial charge on any atom is 0.573 e. The summed E-state index contributed by atoms with van der Waals surface area (Å²) in [6, 6.07) is 1.30. The fraction of sp³-hybridized carbons (Fsp3) is 0.286. The molecule has 0 unspecified atom stereocenters. The second-order valence-corrected chi connectivity index (χ2v) is 3.88. The van der Waals surface area contributed by atoms with Gasteiger partial charge in [0, 0.05) is 5.33 Å². The van der Waals surface area contributed by atoms with Gasteiger partial charge in [-0.3, -0.25) is 0 Å². The lowest BCUT2D eigenvalue weighted by molar-refractivity contribution is -0.274. The van der Waals surface area contributed by atoms with E-state index < -0.39 is 6.36 Å². The zero-order valence-corrected chi connectivity index (χ0v) is 10.4. The van der Waals surface area contributed by atoms with E-state index in [0.29, 0.717) is 14.6 Å².